The SMILES string of the molecule is CC(c1ccncc1)N(C)S(=O)(=O)c1ccc(=O)[nH]c1. The molecular formula is C13H15N3O3S. The molecule has 0 bridgehead atoms. The number of nitrogens with one attached hydrogen (secondary N) is 1. The van der Waals surface area contributed by atoms with E-state index in [-0.39, 0.29) is 16.5 Å². The van der Waals surface area contributed by atoms with E-state index in [0.29, 0.717) is 0 Å². The van der Waals surface area contributed by atoms with Gasteiger partial charge in [-0.25, -0.2) is 8.42 Å². The minimum absolute atomic E-state index is 0.0560. The van der Waals surface area contributed by atoms with Crippen molar-refractivity contribution in [3.05, 3.63) is 58.8 Å². The molecule has 2 heterocycles. The van der Waals surface area contributed by atoms with Gasteiger partial charge in [0, 0.05) is 37.7 Å². The van der Waals surface area contributed by atoms with Crippen LogP contribution in [0.1, 0.15) is 18.5 Å². The van der Waals surface area contributed by atoms with Crippen LogP contribution in [0.3, 0.4) is 0 Å². The van der Waals surface area contributed by atoms with Crippen LogP contribution >= 0.6 is 0 Å². The molecule has 20 heavy (non-hydrogen) atoms. The lowest BCUT2D eigenvalue weighted by molar-refractivity contribution is 0.398. The largest absolute Gasteiger partial charge is 0.328 e. The highest BCUT2D eigenvalue weighted by Crippen LogP contribution is 2.24. The maximum absolute atomic E-state index is 12.4. The molecule has 0 aromatic carbocycles. The molecule has 0 aliphatic rings. The van der Waals surface area contributed by atoms with Crippen molar-refractivity contribution in [1.82, 2.24) is 14.3 Å². The zero-order chi connectivity index (χ0) is 14.8. The van der Waals surface area contributed by atoms with Crippen LogP contribution in [0.15, 0.2) is 52.5 Å². The maximum Gasteiger partial charge on any atom is 0.247 e. The van der Waals surface area contributed by atoms with Gasteiger partial charge in [-0.15, -0.1) is 0 Å². The van der Waals surface area contributed by atoms with Gasteiger partial charge in [0.2, 0.25) is 15.6 Å². The summed E-state index contributed by atoms with van der Waals surface area (Å²) in [6.07, 6.45) is 4.44. The van der Waals surface area contributed by atoms with Gasteiger partial charge in [-0.1, -0.05) is 0 Å². The Balaban J connectivity index is 2.34. The van der Waals surface area contributed by atoms with Crippen molar-refractivity contribution in [3.8, 4) is 0 Å². The molecule has 0 saturated heterocycles. The van der Waals surface area contributed by atoms with Gasteiger partial charge in [-0.2, -0.15) is 4.31 Å². The van der Waals surface area contributed by atoms with Crippen molar-refractivity contribution < 1.29 is 8.42 Å². The Kier molecular flexibility index (Phi) is 4.01. The zero-order valence-electron chi connectivity index (χ0n) is 11.1. The second-order valence-corrected chi connectivity index (χ2v) is 6.36. The Labute approximate surface area is 117 Å². The van der Waals surface area contributed by atoms with E-state index in [2.05, 4.69) is 9.97 Å². The molecule has 1 N–H and O–H groups in total. The summed E-state index contributed by atoms with van der Waals surface area (Å²) >= 11 is 0. The molecule has 0 fully saturated rings. The number of aromatic nitrogens is 2. The van der Waals surface area contributed by atoms with Crippen LogP contribution in [0.2, 0.25) is 0 Å². The van der Waals surface area contributed by atoms with Crippen molar-refractivity contribution in [1.29, 1.82) is 0 Å². The van der Waals surface area contributed by atoms with Gasteiger partial charge >= 0.3 is 0 Å². The number of nitrogens with zero attached hydrogens (tertiary/aromatic N) is 2. The third-order valence-electron chi connectivity index (χ3n) is 3.17. The Morgan fingerprint density at radius 2 is 1.85 bits per heavy atom. The first kappa shape index (κ1) is 14.4. The first-order valence-corrected chi connectivity index (χ1v) is 7.43. The maximum atomic E-state index is 12.4. The first-order chi connectivity index (χ1) is 9.43. The van der Waals surface area contributed by atoms with Gasteiger partial charge in [0.15, 0.2) is 0 Å². The van der Waals surface area contributed by atoms with Gasteiger partial charge < -0.3 is 4.98 Å². The lowest BCUT2D eigenvalue weighted by Gasteiger charge is -2.24. The molecule has 0 radical (unpaired) electrons. The summed E-state index contributed by atoms with van der Waals surface area (Å²) in [6.45, 7) is 1.79. The van der Waals surface area contributed by atoms with Gasteiger partial charge in [0.1, 0.15) is 0 Å². The monoisotopic (exact) mass is 293 g/mol. The minimum atomic E-state index is -3.66. The first-order valence-electron chi connectivity index (χ1n) is 5.99. The van der Waals surface area contributed by atoms with E-state index in [1.807, 2.05) is 0 Å². The normalized spacial score (nSPS) is 13.3. The molecule has 6 nitrogen and oxygen atoms in total. The number of aromatic amines is 1. The van der Waals surface area contributed by atoms with Crippen LogP contribution in [0.4, 0.5) is 0 Å². The van der Waals surface area contributed by atoms with Crippen molar-refractivity contribution in [2.24, 2.45) is 0 Å². The number of sulfonamides is 1. The Bertz CT molecular complexity index is 720. The Hall–Kier alpha value is -1.99. The van der Waals surface area contributed by atoms with Gasteiger partial charge in [0.05, 0.1) is 4.90 Å². The topological polar surface area (TPSA) is 83.1 Å². The van der Waals surface area contributed by atoms with E-state index in [4.69, 9.17) is 0 Å². The van der Waals surface area contributed by atoms with E-state index in [9.17, 15) is 13.2 Å². The van der Waals surface area contributed by atoms with E-state index in [1.54, 1.807) is 31.5 Å². The second-order valence-electron chi connectivity index (χ2n) is 4.37. The Morgan fingerprint density at radius 3 is 2.40 bits per heavy atom. The lowest BCUT2D eigenvalue weighted by Crippen LogP contribution is -2.30. The number of H-pyrrole nitrogens is 1. The Morgan fingerprint density at radius 1 is 1.20 bits per heavy atom. The molecule has 2 aromatic rings. The summed E-state index contributed by atoms with van der Waals surface area (Å²) in [7, 11) is -2.15. The van der Waals surface area contributed by atoms with Crippen LogP contribution in [-0.4, -0.2) is 29.7 Å². The van der Waals surface area contributed by atoms with Crippen LogP contribution in [0.25, 0.3) is 0 Å². The number of hydrogen-bond acceptors (Lipinski definition) is 4. The standard InChI is InChI=1S/C13H15N3O3S/c1-10(11-5-7-14-8-6-11)16(2)20(18,19)12-3-4-13(17)15-9-12/h3-10H,1-2H3,(H,15,17). The van der Waals surface area contributed by atoms with Crippen molar-refractivity contribution in [3.63, 3.8) is 0 Å². The number of rotatable bonds is 4. The van der Waals surface area contributed by atoms with Crippen molar-refractivity contribution >= 4 is 10.0 Å². The van der Waals surface area contributed by atoms with Crippen LogP contribution < -0.4 is 5.56 Å². The van der Waals surface area contributed by atoms with Crippen molar-refractivity contribution in [2.45, 2.75) is 17.9 Å². The number of pyridine rings is 2. The summed E-state index contributed by atoms with van der Waals surface area (Å²) in [5.41, 5.74) is 0.504. The highest BCUT2D eigenvalue weighted by molar-refractivity contribution is 7.89. The fourth-order valence-corrected chi connectivity index (χ4v) is 3.10. The predicted octanol–water partition coefficient (Wildman–Crippen LogP) is 1.15. The molecule has 2 aromatic heterocycles. The summed E-state index contributed by atoms with van der Waals surface area (Å²) in [5.74, 6) is 0. The third-order valence-corrected chi connectivity index (χ3v) is 5.09. The van der Waals surface area contributed by atoms with Crippen LogP contribution in [0.5, 0.6) is 0 Å². The average Bonchev–Trinajstić information content (AvgIpc) is 2.47. The zero-order valence-corrected chi connectivity index (χ0v) is 12.0. The summed E-state index contributed by atoms with van der Waals surface area (Å²) in [6, 6.07) is 5.68. The molecular weight excluding hydrogens is 278 g/mol. The van der Waals surface area contributed by atoms with Crippen LogP contribution in [-0.2, 0) is 10.0 Å². The molecule has 0 saturated carbocycles. The molecule has 106 valence electrons. The van der Waals surface area contributed by atoms with E-state index < -0.39 is 10.0 Å². The third kappa shape index (κ3) is 2.78. The van der Waals surface area contributed by atoms with Crippen LogP contribution in [0, 0.1) is 0 Å². The van der Waals surface area contributed by atoms with Gasteiger partial charge in [-0.3, -0.25) is 9.78 Å². The summed E-state index contributed by atoms with van der Waals surface area (Å²) in [4.78, 5) is 17.3. The fraction of sp³-hybridized carbons (Fsp3) is 0.231. The quantitative estimate of drug-likeness (QED) is 0.916. The molecule has 0 spiro atoms. The molecule has 2 rings (SSSR count). The molecule has 0 aliphatic carbocycles. The molecule has 7 heteroatoms. The summed E-state index contributed by atoms with van der Waals surface area (Å²) in [5, 5.41) is 0. The smallest absolute Gasteiger partial charge is 0.247 e. The molecule has 0 amide bonds. The van der Waals surface area contributed by atoms with E-state index in [0.717, 1.165) is 5.56 Å². The highest BCUT2D eigenvalue weighted by atomic mass is 32.2. The highest BCUT2D eigenvalue weighted by Gasteiger charge is 2.26. The molecule has 1 atom stereocenters. The summed E-state index contributed by atoms with van der Waals surface area (Å²) < 4.78 is 26.2. The fourth-order valence-electron chi connectivity index (χ4n) is 1.78. The van der Waals surface area contributed by atoms with E-state index in [1.165, 1.54) is 29.7 Å². The van der Waals surface area contributed by atoms with Crippen molar-refractivity contribution in [2.75, 3.05) is 7.05 Å². The minimum Gasteiger partial charge on any atom is -0.328 e. The lowest BCUT2D eigenvalue weighted by atomic mass is 10.1. The second kappa shape index (κ2) is 5.56. The molecule has 1 unspecified atom stereocenters. The van der Waals surface area contributed by atoms with E-state index >= 15 is 0 Å². The number of hydrogen-bond donors (Lipinski definition) is 1. The van der Waals surface area contributed by atoms with Gasteiger partial charge in [-0.05, 0) is 30.7 Å². The van der Waals surface area contributed by atoms with Gasteiger partial charge in [0.25, 0.3) is 0 Å². The molecule has 0 aliphatic heterocycles. The predicted molar refractivity (Wildman–Crippen MR) is 74.7 cm³/mol. The average molecular weight is 293 g/mol.